The van der Waals surface area contributed by atoms with E-state index in [9.17, 15) is 4.79 Å². The molecule has 0 amide bonds. The highest BCUT2D eigenvalue weighted by atomic mass is 127. The fourth-order valence-corrected chi connectivity index (χ4v) is 4.63. The van der Waals surface area contributed by atoms with E-state index in [2.05, 4.69) is 55.1 Å². The molecular weight excluding hydrogens is 588 g/mol. The Balaban J connectivity index is 2.25. The zero-order chi connectivity index (χ0) is 20.6. The van der Waals surface area contributed by atoms with Crippen LogP contribution in [0.2, 0.25) is 0 Å². The van der Waals surface area contributed by atoms with Crippen LogP contribution in [0.5, 0.6) is 0 Å². The maximum absolute atomic E-state index is 12.5. The van der Waals surface area contributed by atoms with Gasteiger partial charge in [-0.2, -0.15) is 0 Å². The van der Waals surface area contributed by atoms with Gasteiger partial charge in [-0.25, -0.2) is 19.7 Å². The van der Waals surface area contributed by atoms with Gasteiger partial charge in [0.1, 0.15) is 23.9 Å². The number of hydrogen-bond donors (Lipinski definition) is 0. The average Bonchev–Trinajstić information content (AvgIpc) is 3.31. The van der Waals surface area contributed by atoms with Gasteiger partial charge in [0.15, 0.2) is 0 Å². The molecule has 0 fully saturated rings. The highest BCUT2D eigenvalue weighted by Gasteiger charge is 2.28. The highest BCUT2D eigenvalue weighted by molar-refractivity contribution is 14.1. The molecule has 0 unspecified atom stereocenters. The molecule has 28 heavy (non-hydrogen) atoms. The van der Waals surface area contributed by atoms with E-state index in [1.54, 1.807) is 12.5 Å². The van der Waals surface area contributed by atoms with E-state index < -0.39 is 5.97 Å². The topological polar surface area (TPSA) is 91.2 Å². The number of nitrogens with zero attached hydrogens (tertiary/aromatic N) is 3. The summed E-state index contributed by atoms with van der Waals surface area (Å²) in [6.07, 6.45) is 3.21. The number of oxazole rings is 2. The minimum absolute atomic E-state index is 0.207. The van der Waals surface area contributed by atoms with E-state index in [0.29, 0.717) is 35.9 Å². The molecule has 3 aromatic rings. The summed E-state index contributed by atoms with van der Waals surface area (Å²) in [7, 11) is 1.35. The Morgan fingerprint density at radius 2 is 1.32 bits per heavy atom. The number of rotatable bonds is 5. The predicted molar refractivity (Wildman–Crippen MR) is 120 cm³/mol. The Labute approximate surface area is 190 Å². The molecule has 0 aliphatic heterocycles. The van der Waals surface area contributed by atoms with Gasteiger partial charge in [0.2, 0.25) is 11.8 Å². The van der Waals surface area contributed by atoms with Crippen molar-refractivity contribution in [2.24, 2.45) is 0 Å². The van der Waals surface area contributed by atoms with E-state index in [4.69, 9.17) is 18.6 Å². The van der Waals surface area contributed by atoms with Crippen LogP contribution < -0.4 is 0 Å². The summed E-state index contributed by atoms with van der Waals surface area (Å²) in [6.45, 7) is 8.11. The molecule has 0 bridgehead atoms. The Kier molecular flexibility index (Phi) is 6.42. The third-order valence-electron chi connectivity index (χ3n) is 4.10. The van der Waals surface area contributed by atoms with Gasteiger partial charge in [-0.05, 0) is 57.0 Å². The molecule has 7 nitrogen and oxygen atoms in total. The van der Waals surface area contributed by atoms with Crippen LogP contribution in [0.3, 0.4) is 0 Å². The van der Waals surface area contributed by atoms with Crippen molar-refractivity contribution in [2.75, 3.05) is 7.11 Å². The van der Waals surface area contributed by atoms with Crippen molar-refractivity contribution in [2.45, 2.75) is 39.5 Å². The smallest absolute Gasteiger partial charge is 0.340 e. The molecule has 3 rings (SSSR count). The molecule has 0 saturated heterocycles. The third-order valence-corrected chi connectivity index (χ3v) is 6.20. The van der Waals surface area contributed by atoms with Crippen LogP contribution in [0, 0.1) is 7.14 Å². The van der Waals surface area contributed by atoms with E-state index in [1.165, 1.54) is 7.11 Å². The number of carbonyl (C=O) groups is 1. The molecule has 0 aliphatic rings. The molecule has 0 saturated carbocycles. The first-order valence-electron chi connectivity index (χ1n) is 8.63. The lowest BCUT2D eigenvalue weighted by Gasteiger charge is -2.11. The number of halogens is 2. The zero-order valence-electron chi connectivity index (χ0n) is 16.0. The van der Waals surface area contributed by atoms with Gasteiger partial charge in [-0.3, -0.25) is 0 Å². The largest absolute Gasteiger partial charge is 0.465 e. The maximum Gasteiger partial charge on any atom is 0.340 e. The number of aromatic nitrogens is 3. The lowest BCUT2D eigenvalue weighted by atomic mass is 10.1. The van der Waals surface area contributed by atoms with Crippen LogP contribution in [-0.4, -0.2) is 28.0 Å². The lowest BCUT2D eigenvalue weighted by Crippen LogP contribution is -2.11. The monoisotopic (exact) mass is 607 g/mol. The average molecular weight is 607 g/mol. The molecular formula is C19H19I2N3O4. The Hall–Kier alpha value is -1.50. The van der Waals surface area contributed by atoms with Crippen LogP contribution in [0.15, 0.2) is 21.4 Å². The summed E-state index contributed by atoms with van der Waals surface area (Å²) in [5, 5.41) is 0. The number of pyridine rings is 1. The number of hydrogen-bond acceptors (Lipinski definition) is 7. The molecule has 9 heteroatoms. The van der Waals surface area contributed by atoms with Crippen LogP contribution in [0.25, 0.3) is 23.2 Å². The molecule has 0 aromatic carbocycles. The molecule has 0 aliphatic carbocycles. The summed E-state index contributed by atoms with van der Waals surface area (Å²) in [5.74, 6) is 0.626. The van der Waals surface area contributed by atoms with E-state index in [-0.39, 0.29) is 11.8 Å². The Bertz CT molecular complexity index is 954. The highest BCUT2D eigenvalue weighted by Crippen LogP contribution is 2.35. The first-order chi connectivity index (χ1) is 13.2. The fourth-order valence-electron chi connectivity index (χ4n) is 2.43. The van der Waals surface area contributed by atoms with Crippen molar-refractivity contribution < 1.29 is 18.4 Å². The van der Waals surface area contributed by atoms with Crippen molar-refractivity contribution in [3.63, 3.8) is 0 Å². The van der Waals surface area contributed by atoms with Crippen molar-refractivity contribution >= 4 is 51.2 Å². The Morgan fingerprint density at radius 3 is 1.64 bits per heavy atom. The molecule has 0 spiro atoms. The maximum atomic E-state index is 12.5. The molecule has 0 radical (unpaired) electrons. The summed E-state index contributed by atoms with van der Waals surface area (Å²) < 4.78 is 17.5. The summed E-state index contributed by atoms with van der Waals surface area (Å²) >= 11 is 4.14. The van der Waals surface area contributed by atoms with Crippen LogP contribution in [0.4, 0.5) is 0 Å². The van der Waals surface area contributed by atoms with Gasteiger partial charge >= 0.3 is 5.97 Å². The molecule has 3 aromatic heterocycles. The van der Waals surface area contributed by atoms with E-state index in [1.807, 2.05) is 27.7 Å². The van der Waals surface area contributed by atoms with Gasteiger partial charge < -0.3 is 13.6 Å². The Morgan fingerprint density at radius 1 is 0.893 bits per heavy atom. The number of carbonyl (C=O) groups excluding carboxylic acids is 1. The normalized spacial score (nSPS) is 11.5. The summed E-state index contributed by atoms with van der Waals surface area (Å²) in [6, 6.07) is 0. The van der Waals surface area contributed by atoms with Crippen molar-refractivity contribution in [3.8, 4) is 23.2 Å². The van der Waals surface area contributed by atoms with Gasteiger partial charge in [-0.15, -0.1) is 0 Å². The SMILES string of the molecule is COC(=O)c1c(I)c(-c2nc(C(C)C)co2)nc(-c2nc(C(C)C)co2)c1I. The van der Waals surface area contributed by atoms with Crippen molar-refractivity contribution in [1.82, 2.24) is 15.0 Å². The quantitative estimate of drug-likeness (QED) is 0.274. The lowest BCUT2D eigenvalue weighted by molar-refractivity contribution is 0.0598. The summed E-state index contributed by atoms with van der Waals surface area (Å²) in [4.78, 5) is 26.2. The van der Waals surface area contributed by atoms with Gasteiger partial charge in [0, 0.05) is 0 Å². The zero-order valence-corrected chi connectivity index (χ0v) is 20.4. The van der Waals surface area contributed by atoms with Gasteiger partial charge in [0.05, 0.1) is 31.2 Å². The minimum atomic E-state index is -0.468. The predicted octanol–water partition coefficient (Wildman–Crippen LogP) is 5.63. The number of esters is 1. The second-order valence-corrected chi connectivity index (χ2v) is 8.93. The summed E-state index contributed by atoms with van der Waals surface area (Å²) in [5.41, 5.74) is 2.91. The van der Waals surface area contributed by atoms with E-state index in [0.717, 1.165) is 11.4 Å². The van der Waals surface area contributed by atoms with Crippen LogP contribution in [0.1, 0.15) is 61.3 Å². The van der Waals surface area contributed by atoms with E-state index >= 15 is 0 Å². The van der Waals surface area contributed by atoms with Crippen molar-refractivity contribution in [1.29, 1.82) is 0 Å². The van der Waals surface area contributed by atoms with Gasteiger partial charge in [-0.1, -0.05) is 27.7 Å². The number of methoxy groups -OCH3 is 1. The number of ether oxygens (including phenoxy) is 1. The van der Waals surface area contributed by atoms with Gasteiger partial charge in [0.25, 0.3) is 0 Å². The fraction of sp³-hybridized carbons (Fsp3) is 0.368. The molecule has 3 heterocycles. The van der Waals surface area contributed by atoms with Crippen molar-refractivity contribution in [3.05, 3.63) is 36.6 Å². The molecule has 0 N–H and O–H groups in total. The molecule has 148 valence electrons. The first-order valence-corrected chi connectivity index (χ1v) is 10.8. The minimum Gasteiger partial charge on any atom is -0.465 e. The standard InChI is InChI=1S/C19H19I2N3O4/c1-8(2)10-6-27-17(22-10)15-13(20)12(19(25)26-5)14(21)16(24-15)18-23-11(7-28-18)9(3)4/h6-9H,1-5H3. The molecule has 0 atom stereocenters. The second kappa shape index (κ2) is 8.47. The second-order valence-electron chi connectivity index (χ2n) is 6.77. The first kappa shape index (κ1) is 21.2. The third kappa shape index (κ3) is 3.95. The van der Waals surface area contributed by atoms with Crippen LogP contribution in [-0.2, 0) is 4.74 Å². The van der Waals surface area contributed by atoms with Crippen LogP contribution >= 0.6 is 45.2 Å².